The van der Waals surface area contributed by atoms with Crippen LogP contribution in [-0.4, -0.2) is 20.6 Å². The fraction of sp³-hybridized carbons (Fsp3) is 0.267. The minimum atomic E-state index is -0.993. The number of carboxylic acids is 1. The number of anilines is 2. The van der Waals surface area contributed by atoms with E-state index in [4.69, 9.17) is 5.11 Å². The second-order valence-corrected chi connectivity index (χ2v) is 5.18. The zero-order valence-electron chi connectivity index (χ0n) is 11.5. The van der Waals surface area contributed by atoms with Crippen molar-refractivity contribution in [2.75, 3.05) is 5.32 Å². The third-order valence-corrected chi connectivity index (χ3v) is 3.54. The minimum absolute atomic E-state index is 0.183. The third-order valence-electron chi connectivity index (χ3n) is 3.54. The SMILES string of the molecule is Cc1ccc(Nc2nccn(C3CC3)c2=O)cc1C(=O)O. The number of carboxylic acid groups (broad SMARTS) is 1. The quantitative estimate of drug-likeness (QED) is 0.900. The van der Waals surface area contributed by atoms with Crippen LogP contribution in [0.2, 0.25) is 0 Å². The molecule has 0 aliphatic heterocycles. The van der Waals surface area contributed by atoms with Crippen molar-refractivity contribution in [3.8, 4) is 0 Å². The van der Waals surface area contributed by atoms with Crippen LogP contribution in [0.5, 0.6) is 0 Å². The number of hydrogen-bond acceptors (Lipinski definition) is 4. The van der Waals surface area contributed by atoms with Crippen molar-refractivity contribution in [1.82, 2.24) is 9.55 Å². The molecule has 0 unspecified atom stereocenters. The molecule has 0 radical (unpaired) electrons. The standard InChI is InChI=1S/C15H15N3O3/c1-9-2-3-10(8-12(9)15(20)21)17-13-14(19)18(7-6-16-13)11-4-5-11/h2-3,6-8,11H,4-5H2,1H3,(H,16,17)(H,20,21). The fourth-order valence-corrected chi connectivity index (χ4v) is 2.22. The highest BCUT2D eigenvalue weighted by Crippen LogP contribution is 2.33. The lowest BCUT2D eigenvalue weighted by atomic mass is 10.1. The van der Waals surface area contributed by atoms with Crippen molar-refractivity contribution in [2.45, 2.75) is 25.8 Å². The summed E-state index contributed by atoms with van der Waals surface area (Å²) in [4.78, 5) is 27.4. The molecule has 0 saturated heterocycles. The predicted octanol–water partition coefficient (Wildman–Crippen LogP) is 2.33. The van der Waals surface area contributed by atoms with Gasteiger partial charge in [0.15, 0.2) is 5.82 Å². The normalized spacial score (nSPS) is 14.0. The third kappa shape index (κ3) is 2.65. The maximum atomic E-state index is 12.3. The van der Waals surface area contributed by atoms with E-state index >= 15 is 0 Å². The van der Waals surface area contributed by atoms with Crippen LogP contribution >= 0.6 is 0 Å². The molecular formula is C15H15N3O3. The van der Waals surface area contributed by atoms with Gasteiger partial charge in [-0.1, -0.05) is 6.07 Å². The van der Waals surface area contributed by atoms with E-state index in [1.165, 1.54) is 6.07 Å². The van der Waals surface area contributed by atoms with E-state index < -0.39 is 5.97 Å². The van der Waals surface area contributed by atoms with E-state index in [1.54, 1.807) is 36.0 Å². The van der Waals surface area contributed by atoms with Gasteiger partial charge in [-0.2, -0.15) is 0 Å². The van der Waals surface area contributed by atoms with Gasteiger partial charge in [-0.25, -0.2) is 9.78 Å². The Kier molecular flexibility index (Phi) is 3.21. The number of nitrogens with zero attached hydrogens (tertiary/aromatic N) is 2. The second-order valence-electron chi connectivity index (χ2n) is 5.18. The zero-order chi connectivity index (χ0) is 15.0. The molecule has 0 spiro atoms. The summed E-state index contributed by atoms with van der Waals surface area (Å²) in [5.41, 5.74) is 1.23. The molecule has 3 rings (SSSR count). The van der Waals surface area contributed by atoms with Crippen LogP contribution in [-0.2, 0) is 0 Å². The van der Waals surface area contributed by atoms with E-state index in [9.17, 15) is 9.59 Å². The largest absolute Gasteiger partial charge is 0.478 e. The number of rotatable bonds is 4. The Morgan fingerprint density at radius 1 is 1.43 bits per heavy atom. The van der Waals surface area contributed by atoms with Crippen LogP contribution in [0.3, 0.4) is 0 Å². The highest BCUT2D eigenvalue weighted by atomic mass is 16.4. The molecule has 21 heavy (non-hydrogen) atoms. The topological polar surface area (TPSA) is 84.2 Å². The Balaban J connectivity index is 1.94. The molecule has 1 fully saturated rings. The maximum Gasteiger partial charge on any atom is 0.336 e. The first-order valence-electron chi connectivity index (χ1n) is 6.74. The van der Waals surface area contributed by atoms with Crippen molar-refractivity contribution in [3.05, 3.63) is 52.1 Å². The number of hydrogen-bond donors (Lipinski definition) is 2. The minimum Gasteiger partial charge on any atom is -0.478 e. The molecule has 1 heterocycles. The molecule has 0 atom stereocenters. The van der Waals surface area contributed by atoms with Crippen LogP contribution < -0.4 is 10.9 Å². The first-order valence-corrected chi connectivity index (χ1v) is 6.74. The predicted molar refractivity (Wildman–Crippen MR) is 78.2 cm³/mol. The first-order chi connectivity index (χ1) is 10.1. The summed E-state index contributed by atoms with van der Waals surface area (Å²) in [5.74, 6) is -0.780. The Morgan fingerprint density at radius 3 is 2.86 bits per heavy atom. The number of aryl methyl sites for hydroxylation is 1. The van der Waals surface area contributed by atoms with E-state index in [2.05, 4.69) is 10.3 Å². The van der Waals surface area contributed by atoms with Crippen molar-refractivity contribution < 1.29 is 9.90 Å². The molecule has 2 N–H and O–H groups in total. The second kappa shape index (κ2) is 5.05. The summed E-state index contributed by atoms with van der Waals surface area (Å²) in [7, 11) is 0. The number of carbonyl (C=O) groups is 1. The zero-order valence-corrected chi connectivity index (χ0v) is 11.5. The molecule has 1 aliphatic rings. The Bertz CT molecular complexity index is 763. The summed E-state index contributed by atoms with van der Waals surface area (Å²) in [5, 5.41) is 12.0. The molecule has 0 bridgehead atoms. The lowest BCUT2D eigenvalue weighted by Gasteiger charge is -2.09. The van der Waals surface area contributed by atoms with E-state index in [1.807, 2.05) is 0 Å². The molecule has 1 aromatic heterocycles. The van der Waals surface area contributed by atoms with Crippen molar-refractivity contribution in [2.24, 2.45) is 0 Å². The van der Waals surface area contributed by atoms with Gasteiger partial charge < -0.3 is 15.0 Å². The van der Waals surface area contributed by atoms with Gasteiger partial charge in [0.2, 0.25) is 0 Å². The Labute approximate surface area is 121 Å². The Hall–Kier alpha value is -2.63. The van der Waals surface area contributed by atoms with Crippen molar-refractivity contribution in [3.63, 3.8) is 0 Å². The molecule has 6 nitrogen and oxygen atoms in total. The lowest BCUT2D eigenvalue weighted by molar-refractivity contribution is 0.0696. The number of aromatic carboxylic acids is 1. The van der Waals surface area contributed by atoms with Crippen molar-refractivity contribution >= 4 is 17.5 Å². The fourth-order valence-electron chi connectivity index (χ4n) is 2.22. The van der Waals surface area contributed by atoms with Gasteiger partial charge in [0, 0.05) is 24.1 Å². The average molecular weight is 285 g/mol. The number of aromatic nitrogens is 2. The molecule has 2 aromatic rings. The molecule has 6 heteroatoms. The first kappa shape index (κ1) is 13.4. The van der Waals surface area contributed by atoms with Gasteiger partial charge in [-0.15, -0.1) is 0 Å². The highest BCUT2D eigenvalue weighted by molar-refractivity contribution is 5.90. The monoisotopic (exact) mass is 285 g/mol. The lowest BCUT2D eigenvalue weighted by Crippen LogP contribution is -2.22. The summed E-state index contributed by atoms with van der Waals surface area (Å²) in [6.07, 6.45) is 5.28. The maximum absolute atomic E-state index is 12.3. The van der Waals surface area contributed by atoms with Gasteiger partial charge in [-0.05, 0) is 37.5 Å². The van der Waals surface area contributed by atoms with Crippen LogP contribution in [0.1, 0.15) is 34.8 Å². The summed E-state index contributed by atoms with van der Waals surface area (Å²) in [6.45, 7) is 1.73. The molecule has 1 aromatic carbocycles. The average Bonchev–Trinajstić information content (AvgIpc) is 3.27. The molecule has 1 aliphatic carbocycles. The van der Waals surface area contributed by atoms with Crippen LogP contribution in [0.15, 0.2) is 35.4 Å². The number of nitrogens with one attached hydrogen (secondary N) is 1. The van der Waals surface area contributed by atoms with Gasteiger partial charge in [-0.3, -0.25) is 4.79 Å². The van der Waals surface area contributed by atoms with Crippen LogP contribution in [0, 0.1) is 6.92 Å². The molecular weight excluding hydrogens is 270 g/mol. The van der Waals surface area contributed by atoms with Crippen LogP contribution in [0.4, 0.5) is 11.5 Å². The highest BCUT2D eigenvalue weighted by Gasteiger charge is 2.25. The molecule has 1 saturated carbocycles. The Morgan fingerprint density at radius 2 is 2.19 bits per heavy atom. The van der Waals surface area contributed by atoms with Gasteiger partial charge in [0.1, 0.15) is 0 Å². The van der Waals surface area contributed by atoms with Gasteiger partial charge in [0.25, 0.3) is 5.56 Å². The van der Waals surface area contributed by atoms with Crippen molar-refractivity contribution in [1.29, 1.82) is 0 Å². The summed E-state index contributed by atoms with van der Waals surface area (Å²) >= 11 is 0. The van der Waals surface area contributed by atoms with Gasteiger partial charge >= 0.3 is 5.97 Å². The number of benzene rings is 1. The summed E-state index contributed by atoms with van der Waals surface area (Å²) in [6, 6.07) is 5.22. The van der Waals surface area contributed by atoms with E-state index in [-0.39, 0.29) is 23.0 Å². The smallest absolute Gasteiger partial charge is 0.336 e. The van der Waals surface area contributed by atoms with E-state index in [0.29, 0.717) is 11.3 Å². The summed E-state index contributed by atoms with van der Waals surface area (Å²) < 4.78 is 1.67. The van der Waals surface area contributed by atoms with Crippen LogP contribution in [0.25, 0.3) is 0 Å². The van der Waals surface area contributed by atoms with Gasteiger partial charge in [0.05, 0.1) is 5.56 Å². The molecule has 108 valence electrons. The van der Waals surface area contributed by atoms with E-state index in [0.717, 1.165) is 12.8 Å². The molecule has 0 amide bonds.